The first-order chi connectivity index (χ1) is 14.0. The molecule has 29 heavy (non-hydrogen) atoms. The van der Waals surface area contributed by atoms with Gasteiger partial charge in [0.2, 0.25) is 5.95 Å². The first-order valence-corrected chi connectivity index (χ1v) is 8.67. The molecule has 2 N–H and O–H groups in total. The second kappa shape index (κ2) is 8.75. The van der Waals surface area contributed by atoms with Gasteiger partial charge in [0.1, 0.15) is 5.69 Å². The van der Waals surface area contributed by atoms with Gasteiger partial charge in [0, 0.05) is 23.1 Å². The standard InChI is InChI=1S/C21H18N4O4/c1-13(26)14-3-7-17(8-4-14)24-21-22-12-11-18(25-21)19(27)23-16-9-5-15(6-10-16)20(28)29-2/h3-12H,1-2H3,(H,23,27)(H,22,24,25). The number of carbonyl (C=O) groups is 3. The van der Waals surface area contributed by atoms with E-state index in [1.807, 2.05) is 0 Å². The van der Waals surface area contributed by atoms with Gasteiger partial charge >= 0.3 is 5.97 Å². The summed E-state index contributed by atoms with van der Waals surface area (Å²) < 4.78 is 4.64. The molecule has 0 aliphatic heterocycles. The third-order valence-electron chi connectivity index (χ3n) is 4.00. The summed E-state index contributed by atoms with van der Waals surface area (Å²) in [6, 6.07) is 14.6. The van der Waals surface area contributed by atoms with Crippen LogP contribution in [0.3, 0.4) is 0 Å². The Bertz CT molecular complexity index is 1050. The SMILES string of the molecule is COC(=O)c1ccc(NC(=O)c2ccnc(Nc3ccc(C(C)=O)cc3)n2)cc1. The quantitative estimate of drug-likeness (QED) is 0.490. The zero-order valence-electron chi connectivity index (χ0n) is 15.8. The van der Waals surface area contributed by atoms with Crippen molar-refractivity contribution in [3.05, 3.63) is 77.6 Å². The largest absolute Gasteiger partial charge is 0.465 e. The highest BCUT2D eigenvalue weighted by Gasteiger charge is 2.11. The van der Waals surface area contributed by atoms with Crippen molar-refractivity contribution in [2.45, 2.75) is 6.92 Å². The van der Waals surface area contributed by atoms with Crippen molar-refractivity contribution in [1.29, 1.82) is 0 Å². The van der Waals surface area contributed by atoms with E-state index in [4.69, 9.17) is 0 Å². The van der Waals surface area contributed by atoms with Crippen molar-refractivity contribution in [2.75, 3.05) is 17.7 Å². The molecule has 146 valence electrons. The van der Waals surface area contributed by atoms with Crippen molar-refractivity contribution in [2.24, 2.45) is 0 Å². The van der Waals surface area contributed by atoms with Gasteiger partial charge in [-0.2, -0.15) is 0 Å². The average Bonchev–Trinajstić information content (AvgIpc) is 2.74. The van der Waals surface area contributed by atoms with Crippen molar-refractivity contribution in [3.63, 3.8) is 0 Å². The maximum atomic E-state index is 12.5. The van der Waals surface area contributed by atoms with Gasteiger partial charge in [0.15, 0.2) is 5.78 Å². The minimum atomic E-state index is -0.453. The summed E-state index contributed by atoms with van der Waals surface area (Å²) in [5.74, 6) is -0.653. The molecule has 0 aliphatic rings. The number of ketones is 1. The Morgan fingerprint density at radius 2 is 1.48 bits per heavy atom. The van der Waals surface area contributed by atoms with Gasteiger partial charge in [-0.25, -0.2) is 14.8 Å². The Morgan fingerprint density at radius 3 is 2.10 bits per heavy atom. The van der Waals surface area contributed by atoms with Crippen LogP contribution in [0.4, 0.5) is 17.3 Å². The summed E-state index contributed by atoms with van der Waals surface area (Å²) in [6.07, 6.45) is 1.47. The van der Waals surface area contributed by atoms with Gasteiger partial charge in [-0.3, -0.25) is 9.59 Å². The van der Waals surface area contributed by atoms with Crippen molar-refractivity contribution >= 4 is 35.0 Å². The van der Waals surface area contributed by atoms with Crippen molar-refractivity contribution in [3.8, 4) is 0 Å². The fraction of sp³-hybridized carbons (Fsp3) is 0.0952. The lowest BCUT2D eigenvalue weighted by atomic mass is 10.1. The van der Waals surface area contributed by atoms with E-state index in [1.54, 1.807) is 48.5 Å². The molecule has 0 atom stereocenters. The number of ether oxygens (including phenoxy) is 1. The second-order valence-corrected chi connectivity index (χ2v) is 6.05. The zero-order chi connectivity index (χ0) is 20.8. The van der Waals surface area contributed by atoms with E-state index in [-0.39, 0.29) is 17.4 Å². The van der Waals surface area contributed by atoms with Crippen LogP contribution in [-0.2, 0) is 4.74 Å². The molecule has 0 fully saturated rings. The molecule has 0 unspecified atom stereocenters. The Labute approximate surface area is 167 Å². The highest BCUT2D eigenvalue weighted by Crippen LogP contribution is 2.15. The molecule has 8 heteroatoms. The Morgan fingerprint density at radius 1 is 0.862 bits per heavy atom. The molecule has 1 amide bonds. The number of methoxy groups -OCH3 is 1. The van der Waals surface area contributed by atoms with Gasteiger partial charge in [0.05, 0.1) is 12.7 Å². The second-order valence-electron chi connectivity index (χ2n) is 6.05. The van der Waals surface area contributed by atoms with E-state index >= 15 is 0 Å². The first-order valence-electron chi connectivity index (χ1n) is 8.67. The fourth-order valence-corrected chi connectivity index (χ4v) is 2.47. The third kappa shape index (κ3) is 5.01. The predicted octanol–water partition coefficient (Wildman–Crippen LogP) is 3.46. The van der Waals surface area contributed by atoms with Crippen LogP contribution in [0.2, 0.25) is 0 Å². The smallest absolute Gasteiger partial charge is 0.337 e. The number of nitrogens with zero attached hydrogens (tertiary/aromatic N) is 2. The first kappa shape index (κ1) is 19.7. The van der Waals surface area contributed by atoms with Crippen LogP contribution >= 0.6 is 0 Å². The van der Waals surface area contributed by atoms with Crippen LogP contribution in [0.15, 0.2) is 60.8 Å². The van der Waals surface area contributed by atoms with Crippen LogP contribution in [0.25, 0.3) is 0 Å². The number of benzene rings is 2. The van der Waals surface area contributed by atoms with E-state index in [2.05, 4.69) is 25.3 Å². The number of esters is 1. The lowest BCUT2D eigenvalue weighted by molar-refractivity contribution is 0.0600. The van der Waals surface area contributed by atoms with Crippen LogP contribution in [0.1, 0.15) is 38.1 Å². The maximum Gasteiger partial charge on any atom is 0.337 e. The normalized spacial score (nSPS) is 10.1. The summed E-state index contributed by atoms with van der Waals surface area (Å²) >= 11 is 0. The van der Waals surface area contributed by atoms with Crippen LogP contribution in [0, 0.1) is 0 Å². The van der Waals surface area contributed by atoms with E-state index in [1.165, 1.54) is 26.3 Å². The highest BCUT2D eigenvalue weighted by molar-refractivity contribution is 6.03. The predicted molar refractivity (Wildman–Crippen MR) is 107 cm³/mol. The van der Waals surface area contributed by atoms with Crippen molar-refractivity contribution < 1.29 is 19.1 Å². The number of rotatable bonds is 6. The lowest BCUT2D eigenvalue weighted by Crippen LogP contribution is -2.15. The van der Waals surface area contributed by atoms with Crippen LogP contribution in [-0.4, -0.2) is 34.7 Å². The molecule has 3 aromatic rings. The Hall–Kier alpha value is -4.07. The van der Waals surface area contributed by atoms with Crippen LogP contribution < -0.4 is 10.6 Å². The molecule has 1 aromatic heterocycles. The van der Waals surface area contributed by atoms with E-state index in [9.17, 15) is 14.4 Å². The molecule has 0 spiro atoms. The number of hydrogen-bond donors (Lipinski definition) is 2. The average molecular weight is 390 g/mol. The molecule has 0 bridgehead atoms. The van der Waals surface area contributed by atoms with E-state index in [0.29, 0.717) is 22.5 Å². The molecule has 1 heterocycles. The fourth-order valence-electron chi connectivity index (χ4n) is 2.47. The number of anilines is 3. The Balaban J connectivity index is 1.69. The number of Topliss-reactive ketones (excluding diaryl/α,β-unsaturated/α-hetero) is 1. The number of nitrogens with one attached hydrogen (secondary N) is 2. The van der Waals surface area contributed by atoms with Gasteiger partial charge in [0.25, 0.3) is 5.91 Å². The number of amides is 1. The van der Waals surface area contributed by atoms with Gasteiger partial charge in [-0.15, -0.1) is 0 Å². The van der Waals surface area contributed by atoms with Gasteiger partial charge < -0.3 is 15.4 Å². The summed E-state index contributed by atoms with van der Waals surface area (Å²) in [7, 11) is 1.30. The monoisotopic (exact) mass is 390 g/mol. The van der Waals surface area contributed by atoms with Crippen LogP contribution in [0.5, 0.6) is 0 Å². The number of aromatic nitrogens is 2. The Kier molecular flexibility index (Phi) is 5.94. The third-order valence-corrected chi connectivity index (χ3v) is 4.00. The van der Waals surface area contributed by atoms with E-state index < -0.39 is 11.9 Å². The van der Waals surface area contributed by atoms with Gasteiger partial charge in [-0.1, -0.05) is 0 Å². The molecule has 0 radical (unpaired) electrons. The summed E-state index contributed by atoms with van der Waals surface area (Å²) in [6.45, 7) is 1.50. The molecule has 8 nitrogen and oxygen atoms in total. The minimum absolute atomic E-state index is 0.0221. The zero-order valence-corrected chi connectivity index (χ0v) is 15.8. The highest BCUT2D eigenvalue weighted by atomic mass is 16.5. The summed E-state index contributed by atoms with van der Waals surface area (Å²) in [5.41, 5.74) is 2.35. The molecule has 0 saturated heterocycles. The molecular formula is C21H18N4O4. The summed E-state index contributed by atoms with van der Waals surface area (Å²) in [5, 5.41) is 5.70. The maximum absolute atomic E-state index is 12.5. The number of carbonyl (C=O) groups excluding carboxylic acids is 3. The summed E-state index contributed by atoms with van der Waals surface area (Å²) in [4.78, 5) is 43.6. The van der Waals surface area contributed by atoms with E-state index in [0.717, 1.165) is 0 Å². The topological polar surface area (TPSA) is 110 Å². The lowest BCUT2D eigenvalue weighted by Gasteiger charge is -2.08. The van der Waals surface area contributed by atoms with Gasteiger partial charge in [-0.05, 0) is 61.5 Å². The number of hydrogen-bond acceptors (Lipinski definition) is 7. The van der Waals surface area contributed by atoms with Crippen molar-refractivity contribution in [1.82, 2.24) is 9.97 Å². The molecule has 0 aliphatic carbocycles. The molecule has 0 saturated carbocycles. The minimum Gasteiger partial charge on any atom is -0.465 e. The molecule has 2 aromatic carbocycles. The molecule has 3 rings (SSSR count). The molecular weight excluding hydrogens is 372 g/mol.